The molecule has 180 valence electrons. The zero-order valence-electron chi connectivity index (χ0n) is 18.7. The molecule has 3 heterocycles. The summed E-state index contributed by atoms with van der Waals surface area (Å²) in [6, 6.07) is 4.68. The highest BCUT2D eigenvalue weighted by Gasteiger charge is 2.35. The van der Waals surface area contributed by atoms with Crippen LogP contribution in [0.25, 0.3) is 0 Å². The van der Waals surface area contributed by atoms with Crippen molar-refractivity contribution in [2.75, 3.05) is 69.3 Å². The van der Waals surface area contributed by atoms with E-state index in [1.54, 1.807) is 21.9 Å². The lowest BCUT2D eigenvalue weighted by Gasteiger charge is -2.36. The van der Waals surface area contributed by atoms with Gasteiger partial charge >= 0.3 is 6.09 Å². The van der Waals surface area contributed by atoms with Gasteiger partial charge in [0.15, 0.2) is 0 Å². The lowest BCUT2D eigenvalue weighted by Crippen LogP contribution is -2.50. The Hall–Kier alpha value is -2.92. The number of halogens is 1. The van der Waals surface area contributed by atoms with Crippen molar-refractivity contribution >= 4 is 29.8 Å². The summed E-state index contributed by atoms with van der Waals surface area (Å²) in [7, 11) is 1.48. The molecule has 3 aliphatic rings. The zero-order chi connectivity index (χ0) is 23.4. The first-order valence-electron chi connectivity index (χ1n) is 11.2. The summed E-state index contributed by atoms with van der Waals surface area (Å²) in [4.78, 5) is 42.5. The summed E-state index contributed by atoms with van der Waals surface area (Å²) in [5.41, 5.74) is 0.843. The van der Waals surface area contributed by atoms with Crippen LogP contribution in [-0.4, -0.2) is 100 Å². The highest BCUT2D eigenvalue weighted by Crippen LogP contribution is 2.29. The van der Waals surface area contributed by atoms with Crippen LogP contribution < -0.4 is 15.1 Å². The lowest BCUT2D eigenvalue weighted by atomic mass is 10.2. The third-order valence-corrected chi connectivity index (χ3v) is 6.34. The molecule has 2 atom stereocenters. The number of benzene rings is 1. The predicted octanol–water partition coefficient (Wildman–Crippen LogP) is 0.614. The van der Waals surface area contributed by atoms with E-state index < -0.39 is 18.0 Å². The van der Waals surface area contributed by atoms with Gasteiger partial charge in [0, 0.05) is 33.3 Å². The molecule has 3 fully saturated rings. The number of ether oxygens (including phenoxy) is 2. The molecule has 0 bridgehead atoms. The van der Waals surface area contributed by atoms with Gasteiger partial charge < -0.3 is 24.2 Å². The van der Waals surface area contributed by atoms with Crippen molar-refractivity contribution in [3.8, 4) is 0 Å². The second-order valence-electron chi connectivity index (χ2n) is 8.47. The molecule has 0 aromatic heterocycles. The molecular formula is C22H30FN5O5. The number of hydrogen-bond donors (Lipinski definition) is 1. The Bertz CT molecular complexity index is 873. The van der Waals surface area contributed by atoms with E-state index in [4.69, 9.17) is 9.47 Å². The number of amides is 3. The number of carbonyl (C=O) groups is 3. The van der Waals surface area contributed by atoms with Crippen molar-refractivity contribution in [1.29, 1.82) is 0 Å². The Morgan fingerprint density at radius 3 is 2.76 bits per heavy atom. The first-order chi connectivity index (χ1) is 16.0. The van der Waals surface area contributed by atoms with Crippen LogP contribution >= 0.6 is 0 Å². The van der Waals surface area contributed by atoms with Crippen LogP contribution in [0.1, 0.15) is 12.8 Å². The van der Waals surface area contributed by atoms with E-state index >= 15 is 0 Å². The Balaban J connectivity index is 1.36. The number of rotatable bonds is 8. The summed E-state index contributed by atoms with van der Waals surface area (Å²) >= 11 is 0. The van der Waals surface area contributed by atoms with Crippen LogP contribution in [0.4, 0.5) is 20.6 Å². The number of hydrogen-bond acceptors (Lipinski definition) is 7. The number of carbonyl (C=O) groups excluding carboxylic acids is 3. The van der Waals surface area contributed by atoms with Gasteiger partial charge in [-0.15, -0.1) is 0 Å². The molecule has 1 N–H and O–H groups in total. The van der Waals surface area contributed by atoms with Gasteiger partial charge in [-0.25, -0.2) is 9.18 Å². The second-order valence-corrected chi connectivity index (χ2v) is 8.47. The SMILES string of the molecule is COCC(=O)N1CCN(c2ccc(N3CC(CN(C=O)C4CCCN4)OC3=O)cc2F)CC1. The third kappa shape index (κ3) is 5.19. The van der Waals surface area contributed by atoms with Crippen LogP contribution in [0.5, 0.6) is 0 Å². The fourth-order valence-electron chi connectivity index (χ4n) is 4.59. The minimum Gasteiger partial charge on any atom is -0.442 e. The minimum atomic E-state index is -0.553. The van der Waals surface area contributed by atoms with Crippen LogP contribution in [0.2, 0.25) is 0 Å². The number of cyclic esters (lactones) is 1. The third-order valence-electron chi connectivity index (χ3n) is 6.34. The maximum absolute atomic E-state index is 15.0. The number of nitrogens with zero attached hydrogens (tertiary/aromatic N) is 4. The summed E-state index contributed by atoms with van der Waals surface area (Å²) in [5.74, 6) is -0.517. The maximum Gasteiger partial charge on any atom is 0.414 e. The van der Waals surface area contributed by atoms with E-state index in [9.17, 15) is 18.8 Å². The highest BCUT2D eigenvalue weighted by molar-refractivity contribution is 5.90. The number of nitrogens with one attached hydrogen (secondary N) is 1. The van der Waals surface area contributed by atoms with Gasteiger partial charge in [0.2, 0.25) is 12.3 Å². The lowest BCUT2D eigenvalue weighted by molar-refractivity contribution is -0.135. The Kier molecular flexibility index (Phi) is 7.29. The van der Waals surface area contributed by atoms with Crippen molar-refractivity contribution in [1.82, 2.24) is 15.1 Å². The smallest absolute Gasteiger partial charge is 0.414 e. The first kappa shape index (κ1) is 23.2. The zero-order valence-corrected chi connectivity index (χ0v) is 18.7. The van der Waals surface area contributed by atoms with Crippen molar-refractivity contribution in [3.05, 3.63) is 24.0 Å². The maximum atomic E-state index is 15.0. The number of methoxy groups -OCH3 is 1. The van der Waals surface area contributed by atoms with Crippen LogP contribution in [-0.2, 0) is 19.1 Å². The molecule has 10 nitrogen and oxygen atoms in total. The average Bonchev–Trinajstić information content (AvgIpc) is 3.47. The standard InChI is InChI=1S/C22H30FN5O5/c1-32-14-21(30)26-9-7-25(8-10-26)19-5-4-16(11-18(19)23)28-13-17(33-22(28)31)12-27(15-29)20-3-2-6-24-20/h4-5,11,15,17,20,24H,2-3,6-10,12-14H2,1H3. The van der Waals surface area contributed by atoms with E-state index in [1.165, 1.54) is 18.1 Å². The number of piperazine rings is 1. The first-order valence-corrected chi connectivity index (χ1v) is 11.2. The van der Waals surface area contributed by atoms with Gasteiger partial charge in [0.1, 0.15) is 18.5 Å². The fourth-order valence-corrected chi connectivity index (χ4v) is 4.59. The summed E-state index contributed by atoms with van der Waals surface area (Å²) in [5, 5.41) is 3.25. The van der Waals surface area contributed by atoms with Crippen molar-refractivity contribution in [3.63, 3.8) is 0 Å². The largest absolute Gasteiger partial charge is 0.442 e. The molecule has 0 aliphatic carbocycles. The molecule has 1 aromatic rings. The summed E-state index contributed by atoms with van der Waals surface area (Å²) in [6.07, 6.45) is 1.56. The summed E-state index contributed by atoms with van der Waals surface area (Å²) in [6.45, 7) is 3.43. The van der Waals surface area contributed by atoms with Gasteiger partial charge in [0.25, 0.3) is 0 Å². The van der Waals surface area contributed by atoms with Crippen molar-refractivity contribution in [2.24, 2.45) is 0 Å². The molecule has 2 unspecified atom stereocenters. The Morgan fingerprint density at radius 2 is 2.12 bits per heavy atom. The molecule has 3 saturated heterocycles. The van der Waals surface area contributed by atoms with Crippen LogP contribution in [0.15, 0.2) is 18.2 Å². The predicted molar refractivity (Wildman–Crippen MR) is 118 cm³/mol. The number of anilines is 2. The quantitative estimate of drug-likeness (QED) is 0.565. The van der Waals surface area contributed by atoms with Gasteiger partial charge in [-0.1, -0.05) is 0 Å². The topological polar surface area (TPSA) is 94.7 Å². The van der Waals surface area contributed by atoms with Gasteiger partial charge in [-0.3, -0.25) is 19.8 Å². The van der Waals surface area contributed by atoms with Crippen LogP contribution in [0.3, 0.4) is 0 Å². The summed E-state index contributed by atoms with van der Waals surface area (Å²) < 4.78 is 25.3. The van der Waals surface area contributed by atoms with E-state index in [2.05, 4.69) is 5.32 Å². The van der Waals surface area contributed by atoms with Gasteiger partial charge in [-0.2, -0.15) is 0 Å². The molecular weight excluding hydrogens is 433 g/mol. The Morgan fingerprint density at radius 1 is 1.33 bits per heavy atom. The van der Waals surface area contributed by atoms with Crippen molar-refractivity contribution < 1.29 is 28.2 Å². The highest BCUT2D eigenvalue weighted by atomic mass is 19.1. The normalized spacial score (nSPS) is 23.1. The molecule has 3 amide bonds. The molecule has 11 heteroatoms. The molecule has 0 saturated carbocycles. The molecule has 33 heavy (non-hydrogen) atoms. The average molecular weight is 464 g/mol. The molecule has 3 aliphatic heterocycles. The van der Waals surface area contributed by atoms with E-state index in [1.807, 2.05) is 4.90 Å². The van der Waals surface area contributed by atoms with Gasteiger partial charge in [0.05, 0.1) is 30.6 Å². The minimum absolute atomic E-state index is 0.0394. The molecule has 0 spiro atoms. The van der Waals surface area contributed by atoms with Crippen molar-refractivity contribution in [2.45, 2.75) is 25.1 Å². The van der Waals surface area contributed by atoms with E-state index in [-0.39, 0.29) is 31.8 Å². The molecule has 0 radical (unpaired) electrons. The molecule has 1 aromatic carbocycles. The van der Waals surface area contributed by atoms with E-state index in [0.717, 1.165) is 25.8 Å². The fraction of sp³-hybridized carbons (Fsp3) is 0.591. The second kappa shape index (κ2) is 10.3. The van der Waals surface area contributed by atoms with E-state index in [0.29, 0.717) is 37.6 Å². The molecule has 4 rings (SSSR count). The Labute approximate surface area is 192 Å². The van der Waals surface area contributed by atoms with Gasteiger partial charge in [-0.05, 0) is 37.6 Å². The van der Waals surface area contributed by atoms with Crippen LogP contribution in [0, 0.1) is 5.82 Å². The monoisotopic (exact) mass is 463 g/mol.